The van der Waals surface area contributed by atoms with E-state index < -0.39 is 5.91 Å². The Morgan fingerprint density at radius 3 is 2.55 bits per heavy atom. The molecule has 2 aliphatic rings. The van der Waals surface area contributed by atoms with E-state index in [4.69, 9.17) is 16.3 Å². The summed E-state index contributed by atoms with van der Waals surface area (Å²) < 4.78 is 9.63. The van der Waals surface area contributed by atoms with Crippen molar-refractivity contribution in [1.29, 1.82) is 0 Å². The molecule has 0 spiro atoms. The van der Waals surface area contributed by atoms with E-state index >= 15 is 0 Å². The van der Waals surface area contributed by atoms with Crippen molar-refractivity contribution < 1.29 is 14.3 Å². The Labute approximate surface area is 296 Å². The average Bonchev–Trinajstić information content (AvgIpc) is 3.90. The number of benzene rings is 3. The van der Waals surface area contributed by atoms with Crippen LogP contribution in [0.15, 0.2) is 88.4 Å². The second kappa shape index (κ2) is 13.5. The number of anilines is 1. The molecule has 0 saturated heterocycles. The highest BCUT2D eigenvalue weighted by Crippen LogP contribution is 2.30. The van der Waals surface area contributed by atoms with E-state index in [1.165, 1.54) is 10.9 Å². The molecule has 0 unspecified atom stereocenters. The summed E-state index contributed by atoms with van der Waals surface area (Å²) in [7, 11) is 1.79. The van der Waals surface area contributed by atoms with Crippen molar-refractivity contribution in [3.63, 3.8) is 0 Å². The lowest BCUT2D eigenvalue weighted by Crippen LogP contribution is -2.47. The number of hydrogen-bond acceptors (Lipinski definition) is 7. The number of fused-ring (bicyclic) bond motifs is 1. The number of ether oxygens (including phenoxy) is 1. The Kier molecular flexibility index (Phi) is 9.00. The third kappa shape index (κ3) is 6.58. The van der Waals surface area contributed by atoms with E-state index in [9.17, 15) is 14.4 Å². The van der Waals surface area contributed by atoms with Crippen molar-refractivity contribution in [3.8, 4) is 22.7 Å². The number of amides is 2. The molecule has 1 saturated carbocycles. The van der Waals surface area contributed by atoms with Crippen molar-refractivity contribution in [2.45, 2.75) is 51.5 Å². The molecule has 1 aliphatic carbocycles. The van der Waals surface area contributed by atoms with Crippen molar-refractivity contribution in [2.75, 3.05) is 12.4 Å². The Hall–Kier alpha value is -4.94. The molecule has 0 bridgehead atoms. The molecule has 2 amide bonds. The fourth-order valence-electron chi connectivity index (χ4n) is 6.03. The second-order valence-electron chi connectivity index (χ2n) is 12.1. The standard InChI is InChI=1S/C36H33BrClN7O4/c1-21-18-44-31(19-43(21)35(47)22-7-14-28(37)29(38)15-22)33(45(36(44)48)24-8-10-25(11-9-24)49-26-12-13-26)34(46)40-17-23-5-3-4-6-27(23)30-16-32(39-2)42-20-41-30/h3-11,14-16,20-21,26H,12-13,17-19H2,1-2H3,(H,40,46)(H,39,41,42)/t21-/m1/s1. The van der Waals surface area contributed by atoms with Gasteiger partial charge in [0.2, 0.25) is 0 Å². The number of carbonyl (C=O) groups excluding carboxylic acids is 2. The average molecular weight is 743 g/mol. The van der Waals surface area contributed by atoms with Crippen molar-refractivity contribution in [3.05, 3.63) is 122 Å². The predicted octanol–water partition coefficient (Wildman–Crippen LogP) is 6.07. The van der Waals surface area contributed by atoms with Gasteiger partial charge in [0.1, 0.15) is 23.6 Å². The van der Waals surface area contributed by atoms with Gasteiger partial charge in [0, 0.05) is 47.8 Å². The van der Waals surface area contributed by atoms with Gasteiger partial charge in [0.15, 0.2) is 0 Å². The highest BCUT2D eigenvalue weighted by Gasteiger charge is 2.35. The Morgan fingerprint density at radius 2 is 1.82 bits per heavy atom. The smallest absolute Gasteiger partial charge is 0.333 e. The summed E-state index contributed by atoms with van der Waals surface area (Å²) in [6, 6.07) is 21.4. The predicted molar refractivity (Wildman–Crippen MR) is 190 cm³/mol. The summed E-state index contributed by atoms with van der Waals surface area (Å²) in [6.45, 7) is 2.31. The molecule has 2 aromatic heterocycles. The number of nitrogens with one attached hydrogen (secondary N) is 2. The van der Waals surface area contributed by atoms with Gasteiger partial charge >= 0.3 is 5.69 Å². The molecule has 1 fully saturated rings. The van der Waals surface area contributed by atoms with Crippen LogP contribution in [-0.4, -0.2) is 55.0 Å². The van der Waals surface area contributed by atoms with E-state index in [-0.39, 0.29) is 49.1 Å². The molecular formula is C36H33BrClN7O4. The normalized spacial score (nSPS) is 15.4. The molecule has 49 heavy (non-hydrogen) atoms. The zero-order chi connectivity index (χ0) is 34.2. The van der Waals surface area contributed by atoms with Crippen LogP contribution in [0.4, 0.5) is 5.82 Å². The summed E-state index contributed by atoms with van der Waals surface area (Å²) in [4.78, 5) is 52.6. The SMILES string of the molecule is CNc1cc(-c2ccccc2CNC(=O)c2c3n(c(=O)n2-c2ccc(OC4CC4)cc2)C[C@@H](C)N(C(=O)c2ccc(Br)c(Cl)c2)C3)ncn1. The number of aromatic nitrogens is 4. The Morgan fingerprint density at radius 1 is 1.04 bits per heavy atom. The molecule has 2 N–H and O–H groups in total. The molecule has 1 aliphatic heterocycles. The minimum atomic E-state index is -0.453. The van der Waals surface area contributed by atoms with Crippen LogP contribution in [0, 0.1) is 0 Å². The molecule has 11 nitrogen and oxygen atoms in total. The number of halogens is 2. The first kappa shape index (κ1) is 32.6. The maximum absolute atomic E-state index is 14.3. The fraction of sp³-hybridized carbons (Fsp3) is 0.250. The van der Waals surface area contributed by atoms with Gasteiger partial charge in [-0.25, -0.2) is 14.8 Å². The summed E-state index contributed by atoms with van der Waals surface area (Å²) in [6.07, 6.45) is 3.75. The van der Waals surface area contributed by atoms with E-state index in [2.05, 4.69) is 36.5 Å². The van der Waals surface area contributed by atoms with Crippen LogP contribution in [-0.2, 0) is 19.6 Å². The van der Waals surface area contributed by atoms with Crippen LogP contribution in [0.1, 0.15) is 51.9 Å². The van der Waals surface area contributed by atoms with E-state index in [0.29, 0.717) is 43.7 Å². The number of nitrogens with zero attached hydrogens (tertiary/aromatic N) is 5. The lowest BCUT2D eigenvalue weighted by Gasteiger charge is -2.34. The van der Waals surface area contributed by atoms with Crippen LogP contribution in [0.2, 0.25) is 5.02 Å². The van der Waals surface area contributed by atoms with E-state index in [1.807, 2.05) is 49.4 Å². The maximum atomic E-state index is 14.3. The molecular weight excluding hydrogens is 710 g/mol. The van der Waals surface area contributed by atoms with E-state index in [0.717, 1.165) is 24.0 Å². The Balaban J connectivity index is 1.25. The summed E-state index contributed by atoms with van der Waals surface area (Å²) in [5.41, 5.74) is 3.55. The molecule has 7 rings (SSSR count). The maximum Gasteiger partial charge on any atom is 0.333 e. The highest BCUT2D eigenvalue weighted by molar-refractivity contribution is 9.10. The van der Waals surface area contributed by atoms with Crippen molar-refractivity contribution in [1.82, 2.24) is 29.3 Å². The minimum absolute atomic E-state index is 0.0475. The molecule has 13 heteroatoms. The van der Waals surface area contributed by atoms with Gasteiger partial charge in [-0.2, -0.15) is 0 Å². The largest absolute Gasteiger partial charge is 0.490 e. The van der Waals surface area contributed by atoms with Crippen LogP contribution >= 0.6 is 27.5 Å². The molecule has 5 aromatic rings. The molecule has 3 heterocycles. The number of imidazole rings is 1. The van der Waals surface area contributed by atoms with Gasteiger partial charge < -0.3 is 20.3 Å². The first-order chi connectivity index (χ1) is 23.7. The highest BCUT2D eigenvalue weighted by atomic mass is 79.9. The zero-order valence-corrected chi connectivity index (χ0v) is 29.2. The number of carbonyl (C=O) groups is 2. The van der Waals surface area contributed by atoms with Gasteiger partial charge in [-0.1, -0.05) is 35.9 Å². The number of rotatable bonds is 9. The van der Waals surface area contributed by atoms with Gasteiger partial charge in [0.25, 0.3) is 11.8 Å². The topological polar surface area (TPSA) is 123 Å². The van der Waals surface area contributed by atoms with Crippen molar-refractivity contribution >= 4 is 45.2 Å². The second-order valence-corrected chi connectivity index (χ2v) is 13.4. The first-order valence-electron chi connectivity index (χ1n) is 16.0. The number of hydrogen-bond donors (Lipinski definition) is 2. The van der Waals surface area contributed by atoms with Gasteiger partial charge in [-0.15, -0.1) is 0 Å². The zero-order valence-electron chi connectivity index (χ0n) is 26.8. The molecule has 3 aromatic carbocycles. The lowest BCUT2D eigenvalue weighted by atomic mass is 10.0. The molecule has 250 valence electrons. The van der Waals surface area contributed by atoms with E-state index in [1.54, 1.807) is 46.8 Å². The summed E-state index contributed by atoms with van der Waals surface area (Å²) in [5.74, 6) is 0.670. The lowest BCUT2D eigenvalue weighted by molar-refractivity contribution is 0.0610. The van der Waals surface area contributed by atoms with Gasteiger partial charge in [-0.05, 0) is 83.7 Å². The minimum Gasteiger partial charge on any atom is -0.490 e. The van der Waals surface area contributed by atoms with Gasteiger partial charge in [-0.3, -0.25) is 18.7 Å². The first-order valence-corrected chi connectivity index (χ1v) is 17.1. The monoisotopic (exact) mass is 741 g/mol. The fourth-order valence-corrected chi connectivity index (χ4v) is 6.46. The third-order valence-electron chi connectivity index (χ3n) is 8.76. The summed E-state index contributed by atoms with van der Waals surface area (Å²) in [5, 5.41) is 6.49. The van der Waals surface area contributed by atoms with Crippen molar-refractivity contribution in [2.24, 2.45) is 0 Å². The van der Waals surface area contributed by atoms with Crippen LogP contribution < -0.4 is 21.1 Å². The Bertz CT molecular complexity index is 2130. The molecule has 0 radical (unpaired) electrons. The third-order valence-corrected chi connectivity index (χ3v) is 10.00. The molecule has 1 atom stereocenters. The van der Waals surface area contributed by atoms with Crippen LogP contribution in [0.3, 0.4) is 0 Å². The van der Waals surface area contributed by atoms with Crippen LogP contribution in [0.5, 0.6) is 5.75 Å². The van der Waals surface area contributed by atoms with Gasteiger partial charge in [0.05, 0.1) is 34.7 Å². The quantitative estimate of drug-likeness (QED) is 0.188. The summed E-state index contributed by atoms with van der Waals surface area (Å²) >= 11 is 9.71. The van der Waals surface area contributed by atoms with Crippen LogP contribution in [0.25, 0.3) is 16.9 Å².